The lowest BCUT2D eigenvalue weighted by molar-refractivity contribution is 0.373. The molecule has 9 heteroatoms. The molecule has 0 bridgehead atoms. The molecule has 2 aromatic rings. The summed E-state index contributed by atoms with van der Waals surface area (Å²) in [5.74, 6) is -0.367. The maximum atomic E-state index is 12.6. The van der Waals surface area contributed by atoms with Crippen molar-refractivity contribution in [3.8, 4) is 0 Å². The average molecular weight is 427 g/mol. The number of rotatable bonds is 7. The highest BCUT2D eigenvalue weighted by Crippen LogP contribution is 2.31. The maximum Gasteiger partial charge on any atom is 0.301 e. The van der Waals surface area contributed by atoms with E-state index < -0.39 is 11.9 Å². The first-order chi connectivity index (χ1) is 10.5. The van der Waals surface area contributed by atoms with Crippen LogP contribution in [0.3, 0.4) is 0 Å². The largest absolute Gasteiger partial charge is 0.301 e. The van der Waals surface area contributed by atoms with Gasteiger partial charge in [-0.15, -0.1) is 10.2 Å². The normalized spacial score (nSPS) is 10.7. The first kappa shape index (κ1) is 17.8. The first-order valence-electron chi connectivity index (χ1n) is 6.08. The van der Waals surface area contributed by atoms with Crippen LogP contribution in [0.5, 0.6) is 0 Å². The van der Waals surface area contributed by atoms with E-state index in [1.807, 2.05) is 24.3 Å². The summed E-state index contributed by atoms with van der Waals surface area (Å²) in [6, 6.07) is 8.00. The summed E-state index contributed by atoms with van der Waals surface area (Å²) in [5.41, 5.74) is 1.17. The van der Waals surface area contributed by atoms with Crippen molar-refractivity contribution in [3.63, 3.8) is 0 Å². The summed E-state index contributed by atoms with van der Waals surface area (Å²) >= 11 is 7.55. The second-order valence-corrected chi connectivity index (χ2v) is 8.47. The summed E-state index contributed by atoms with van der Waals surface area (Å²) in [7, 11) is 0. The van der Waals surface area contributed by atoms with Crippen LogP contribution >= 0.6 is 50.8 Å². The molecule has 22 heavy (non-hydrogen) atoms. The number of nitrogens with zero attached hydrogens (tertiary/aromatic N) is 2. The quantitative estimate of drug-likeness (QED) is 0.495. The summed E-state index contributed by atoms with van der Waals surface area (Å²) in [5, 5.41) is 7.99. The Morgan fingerprint density at radius 1 is 1.05 bits per heavy atom. The number of allylic oxidation sites excluding steroid dienone is 1. The number of aromatic nitrogens is 2. The average Bonchev–Trinajstić information content (AvgIpc) is 2.94. The highest BCUT2D eigenvalue weighted by molar-refractivity contribution is 9.10. The zero-order valence-electron chi connectivity index (χ0n) is 11.1. The van der Waals surface area contributed by atoms with Gasteiger partial charge in [-0.2, -0.15) is 8.78 Å². The highest BCUT2D eigenvalue weighted by atomic mass is 79.9. The van der Waals surface area contributed by atoms with Gasteiger partial charge in [0.15, 0.2) is 14.5 Å². The van der Waals surface area contributed by atoms with Gasteiger partial charge in [0.2, 0.25) is 0 Å². The molecule has 0 aliphatic heterocycles. The number of benzene rings is 1. The molecule has 0 aliphatic rings. The van der Waals surface area contributed by atoms with Crippen molar-refractivity contribution in [2.75, 3.05) is 5.75 Å². The monoisotopic (exact) mass is 426 g/mol. The van der Waals surface area contributed by atoms with E-state index in [1.54, 1.807) is 11.8 Å². The maximum absolute atomic E-state index is 12.6. The second kappa shape index (κ2) is 8.95. The van der Waals surface area contributed by atoms with E-state index in [9.17, 15) is 13.2 Å². The van der Waals surface area contributed by atoms with Gasteiger partial charge in [0, 0.05) is 22.4 Å². The van der Waals surface area contributed by atoms with E-state index >= 15 is 0 Å². The fourth-order valence-electron chi connectivity index (χ4n) is 1.36. The van der Waals surface area contributed by atoms with Gasteiger partial charge in [0.05, 0.1) is 0 Å². The summed E-state index contributed by atoms with van der Waals surface area (Å²) in [4.78, 5) is 0. The summed E-state index contributed by atoms with van der Waals surface area (Å²) in [6.07, 6.45) is -2.54. The van der Waals surface area contributed by atoms with E-state index in [1.165, 1.54) is 28.7 Å². The Bertz CT molecular complexity index is 642. The molecule has 0 spiro atoms. The molecular weight excluding hydrogens is 417 g/mol. The summed E-state index contributed by atoms with van der Waals surface area (Å²) in [6.45, 7) is 0. The van der Waals surface area contributed by atoms with Crippen molar-refractivity contribution in [1.29, 1.82) is 0 Å². The Morgan fingerprint density at radius 3 is 2.32 bits per heavy atom. The van der Waals surface area contributed by atoms with Crippen LogP contribution < -0.4 is 0 Å². The van der Waals surface area contributed by atoms with Crippen molar-refractivity contribution in [2.24, 2.45) is 0 Å². The van der Waals surface area contributed by atoms with Crippen LogP contribution in [-0.2, 0) is 5.75 Å². The predicted octanol–water partition coefficient (Wildman–Crippen LogP) is 6.15. The molecule has 2 nitrogen and oxygen atoms in total. The molecule has 1 aromatic carbocycles. The third-order valence-electron chi connectivity index (χ3n) is 2.42. The minimum atomic E-state index is -2.25. The van der Waals surface area contributed by atoms with Gasteiger partial charge in [0.25, 0.3) is 0 Å². The molecule has 0 aliphatic carbocycles. The topological polar surface area (TPSA) is 25.8 Å². The van der Waals surface area contributed by atoms with Gasteiger partial charge in [-0.3, -0.25) is 0 Å². The molecule has 2 rings (SSSR count). The van der Waals surface area contributed by atoms with E-state index in [0.717, 1.165) is 14.6 Å². The lowest BCUT2D eigenvalue weighted by Crippen LogP contribution is -1.82. The Labute approximate surface area is 146 Å². The van der Waals surface area contributed by atoms with Crippen molar-refractivity contribution < 1.29 is 13.2 Å². The fraction of sp³-hybridized carbons (Fsp3) is 0.231. The highest BCUT2D eigenvalue weighted by Gasteiger charge is 2.09. The number of halogens is 4. The van der Waals surface area contributed by atoms with Crippen molar-refractivity contribution in [3.05, 3.63) is 46.2 Å². The van der Waals surface area contributed by atoms with Gasteiger partial charge in [-0.05, 0) is 17.7 Å². The van der Waals surface area contributed by atoms with Crippen LogP contribution in [0, 0.1) is 0 Å². The minimum Gasteiger partial charge on any atom is -0.206 e. The molecule has 0 radical (unpaired) electrons. The van der Waals surface area contributed by atoms with Gasteiger partial charge < -0.3 is 0 Å². The van der Waals surface area contributed by atoms with Crippen molar-refractivity contribution in [1.82, 2.24) is 10.2 Å². The molecule has 0 saturated carbocycles. The van der Waals surface area contributed by atoms with E-state index in [0.29, 0.717) is 4.34 Å². The summed E-state index contributed by atoms with van der Waals surface area (Å²) < 4.78 is 39.0. The molecule has 0 unspecified atom stereocenters. The van der Waals surface area contributed by atoms with Crippen molar-refractivity contribution in [2.45, 2.75) is 20.9 Å². The number of thioether (sulfide) groups is 2. The molecule has 1 aromatic heterocycles. The lowest BCUT2D eigenvalue weighted by atomic mass is 10.2. The Hall–Kier alpha value is -0.510. The standard InChI is InChI=1S/C13H10BrF3N2S3/c14-9-3-1-8(2-4-9)7-21-13-19-18-12(22-13)20-6-5-10(15)11(16)17/h1-4H,5-7H2. The van der Waals surface area contributed by atoms with Crippen LogP contribution in [-0.4, -0.2) is 16.0 Å². The van der Waals surface area contributed by atoms with Crippen molar-refractivity contribution >= 4 is 50.8 Å². The van der Waals surface area contributed by atoms with Gasteiger partial charge in [-0.25, -0.2) is 4.39 Å². The molecular formula is C13H10BrF3N2S3. The molecule has 118 valence electrons. The molecule has 0 N–H and O–H groups in total. The lowest BCUT2D eigenvalue weighted by Gasteiger charge is -1.98. The molecule has 0 atom stereocenters. The zero-order chi connectivity index (χ0) is 15.9. The number of hydrogen-bond acceptors (Lipinski definition) is 5. The molecule has 1 heterocycles. The fourth-order valence-corrected chi connectivity index (χ4v) is 4.60. The molecule has 0 saturated heterocycles. The zero-order valence-corrected chi connectivity index (χ0v) is 15.1. The predicted molar refractivity (Wildman–Crippen MR) is 89.3 cm³/mol. The van der Waals surface area contributed by atoms with E-state index in [-0.39, 0.29) is 12.2 Å². The van der Waals surface area contributed by atoms with Crippen LogP contribution in [0.1, 0.15) is 12.0 Å². The van der Waals surface area contributed by atoms with Crippen LogP contribution in [0.15, 0.2) is 49.3 Å². The van der Waals surface area contributed by atoms with E-state index in [2.05, 4.69) is 26.1 Å². The Balaban J connectivity index is 1.79. The Kier molecular flexibility index (Phi) is 7.26. The van der Waals surface area contributed by atoms with Crippen LogP contribution in [0.2, 0.25) is 0 Å². The van der Waals surface area contributed by atoms with E-state index in [4.69, 9.17) is 0 Å². The molecule has 0 fully saturated rings. The van der Waals surface area contributed by atoms with Gasteiger partial charge in [0.1, 0.15) is 0 Å². The minimum absolute atomic E-state index is 0.217. The van der Waals surface area contributed by atoms with Gasteiger partial charge >= 0.3 is 6.08 Å². The smallest absolute Gasteiger partial charge is 0.206 e. The Morgan fingerprint density at radius 2 is 1.68 bits per heavy atom. The van der Waals surface area contributed by atoms with Crippen LogP contribution in [0.4, 0.5) is 13.2 Å². The second-order valence-electron chi connectivity index (χ2n) is 4.01. The van der Waals surface area contributed by atoms with Gasteiger partial charge in [-0.1, -0.05) is 62.9 Å². The third-order valence-corrected chi connectivity index (χ3v) is 6.21. The first-order valence-corrected chi connectivity index (χ1v) is 9.66. The molecule has 0 amide bonds. The van der Waals surface area contributed by atoms with Crippen LogP contribution in [0.25, 0.3) is 0 Å². The number of hydrogen-bond donors (Lipinski definition) is 0. The third kappa shape index (κ3) is 5.94. The SMILES string of the molecule is FC(F)=C(F)CCSc1nnc(SCc2ccc(Br)cc2)s1.